The number of hydrogen-bond donors (Lipinski definition) is 1. The SMILES string of the molecule is O=C(O)N1CC[C@@H]1COc1cnn(C(F)F)c1Br. The molecule has 1 atom stereocenters. The molecule has 1 amide bonds. The van der Waals surface area contributed by atoms with Crippen LogP contribution in [0.3, 0.4) is 0 Å². The summed E-state index contributed by atoms with van der Waals surface area (Å²) < 4.78 is 30.6. The van der Waals surface area contributed by atoms with Gasteiger partial charge < -0.3 is 14.7 Å². The van der Waals surface area contributed by atoms with E-state index in [1.165, 1.54) is 11.1 Å². The Morgan fingerprint density at radius 3 is 2.89 bits per heavy atom. The third kappa shape index (κ3) is 2.40. The molecule has 2 heterocycles. The van der Waals surface area contributed by atoms with E-state index in [0.717, 1.165) is 0 Å². The van der Waals surface area contributed by atoms with Gasteiger partial charge in [0.2, 0.25) is 0 Å². The van der Waals surface area contributed by atoms with E-state index in [9.17, 15) is 13.6 Å². The molecule has 0 saturated carbocycles. The van der Waals surface area contributed by atoms with Gasteiger partial charge >= 0.3 is 12.6 Å². The van der Waals surface area contributed by atoms with E-state index < -0.39 is 12.6 Å². The molecule has 100 valence electrons. The second kappa shape index (κ2) is 5.09. The summed E-state index contributed by atoms with van der Waals surface area (Å²) in [6, 6.07) is -0.232. The van der Waals surface area contributed by atoms with Gasteiger partial charge in [-0.1, -0.05) is 0 Å². The Hall–Kier alpha value is -1.38. The van der Waals surface area contributed by atoms with Crippen LogP contribution >= 0.6 is 15.9 Å². The molecule has 0 aromatic carbocycles. The van der Waals surface area contributed by atoms with Gasteiger partial charge in [-0.3, -0.25) is 0 Å². The van der Waals surface area contributed by atoms with E-state index in [0.29, 0.717) is 17.6 Å². The van der Waals surface area contributed by atoms with Crippen LogP contribution in [-0.4, -0.2) is 45.1 Å². The zero-order valence-corrected chi connectivity index (χ0v) is 10.7. The fraction of sp³-hybridized carbons (Fsp3) is 0.556. The second-order valence-electron chi connectivity index (χ2n) is 3.75. The van der Waals surface area contributed by atoms with Gasteiger partial charge in [0, 0.05) is 6.54 Å². The highest BCUT2D eigenvalue weighted by atomic mass is 79.9. The monoisotopic (exact) mass is 325 g/mol. The standard InChI is InChI=1S/C9H10BrF2N3O3/c10-7-6(3-13-15(7)8(11)12)18-4-5-1-2-14(5)9(16)17/h3,5,8H,1-2,4H2,(H,16,17)/t5-/m1/s1. The first kappa shape index (κ1) is 13.1. The zero-order valence-electron chi connectivity index (χ0n) is 9.09. The van der Waals surface area contributed by atoms with Gasteiger partial charge in [0.05, 0.1) is 12.2 Å². The van der Waals surface area contributed by atoms with Gasteiger partial charge in [-0.25, -0.2) is 4.79 Å². The van der Waals surface area contributed by atoms with Crippen molar-refractivity contribution in [2.24, 2.45) is 0 Å². The number of ether oxygens (including phenoxy) is 1. The highest BCUT2D eigenvalue weighted by molar-refractivity contribution is 9.10. The summed E-state index contributed by atoms with van der Waals surface area (Å²) >= 11 is 2.95. The number of aromatic nitrogens is 2. The van der Waals surface area contributed by atoms with Gasteiger partial charge in [-0.2, -0.15) is 18.6 Å². The molecule has 1 N–H and O–H groups in total. The van der Waals surface area contributed by atoms with Crippen molar-refractivity contribution in [3.05, 3.63) is 10.8 Å². The third-order valence-electron chi connectivity index (χ3n) is 2.71. The van der Waals surface area contributed by atoms with Crippen LogP contribution in [0.15, 0.2) is 10.8 Å². The van der Waals surface area contributed by atoms with Crippen molar-refractivity contribution in [1.29, 1.82) is 0 Å². The predicted octanol–water partition coefficient (Wildman–Crippen LogP) is 2.17. The molecular weight excluding hydrogens is 316 g/mol. The van der Waals surface area contributed by atoms with Crippen LogP contribution in [0.2, 0.25) is 0 Å². The first-order valence-corrected chi connectivity index (χ1v) is 5.93. The zero-order chi connectivity index (χ0) is 13.3. The molecule has 1 saturated heterocycles. The van der Waals surface area contributed by atoms with Crippen LogP contribution in [0.5, 0.6) is 5.75 Å². The topological polar surface area (TPSA) is 67.6 Å². The largest absolute Gasteiger partial charge is 0.487 e. The maximum atomic E-state index is 12.4. The molecule has 2 rings (SSSR count). The third-order valence-corrected chi connectivity index (χ3v) is 3.46. The lowest BCUT2D eigenvalue weighted by molar-refractivity contribution is 0.0476. The van der Waals surface area contributed by atoms with Gasteiger partial charge in [-0.05, 0) is 22.4 Å². The summed E-state index contributed by atoms with van der Waals surface area (Å²) in [5.41, 5.74) is 0. The lowest BCUT2D eigenvalue weighted by Crippen LogP contribution is -2.53. The fourth-order valence-electron chi connectivity index (χ4n) is 1.62. The van der Waals surface area contributed by atoms with Crippen LogP contribution in [0.4, 0.5) is 13.6 Å². The molecule has 1 aliphatic rings. The number of nitrogens with zero attached hydrogens (tertiary/aromatic N) is 3. The fourth-order valence-corrected chi connectivity index (χ4v) is 2.08. The Labute approximate surface area is 109 Å². The molecule has 0 unspecified atom stereocenters. The minimum Gasteiger partial charge on any atom is -0.487 e. The number of amides is 1. The number of hydrogen-bond acceptors (Lipinski definition) is 3. The number of carbonyl (C=O) groups is 1. The Kier molecular flexibility index (Phi) is 3.69. The van der Waals surface area contributed by atoms with Crippen molar-refractivity contribution in [3.8, 4) is 5.75 Å². The van der Waals surface area contributed by atoms with Crippen LogP contribution in [0.25, 0.3) is 0 Å². The summed E-state index contributed by atoms with van der Waals surface area (Å²) in [5.74, 6) is 0.174. The number of halogens is 3. The van der Waals surface area contributed by atoms with E-state index in [2.05, 4.69) is 21.0 Å². The predicted molar refractivity (Wildman–Crippen MR) is 59.8 cm³/mol. The maximum Gasteiger partial charge on any atom is 0.407 e. The van der Waals surface area contributed by atoms with Crippen molar-refractivity contribution >= 4 is 22.0 Å². The lowest BCUT2D eigenvalue weighted by Gasteiger charge is -2.38. The molecule has 0 spiro atoms. The summed E-state index contributed by atoms with van der Waals surface area (Å²) in [6.07, 6.45) is 0.865. The average Bonchev–Trinajstić information content (AvgIpc) is 2.58. The van der Waals surface area contributed by atoms with Crippen LogP contribution in [0, 0.1) is 0 Å². The second-order valence-corrected chi connectivity index (χ2v) is 4.50. The Morgan fingerprint density at radius 2 is 2.44 bits per heavy atom. The Balaban J connectivity index is 1.93. The normalized spacial score (nSPS) is 18.9. The molecule has 9 heteroatoms. The van der Waals surface area contributed by atoms with E-state index in [1.54, 1.807) is 0 Å². The van der Waals surface area contributed by atoms with E-state index in [4.69, 9.17) is 9.84 Å². The number of likely N-dealkylation sites (tertiary alicyclic amines) is 1. The van der Waals surface area contributed by atoms with Crippen molar-refractivity contribution in [2.75, 3.05) is 13.2 Å². The Bertz CT molecular complexity index is 454. The van der Waals surface area contributed by atoms with Crippen LogP contribution < -0.4 is 4.74 Å². The van der Waals surface area contributed by atoms with E-state index >= 15 is 0 Å². The summed E-state index contributed by atoms with van der Waals surface area (Å²) in [5, 5.41) is 12.2. The summed E-state index contributed by atoms with van der Waals surface area (Å²) in [7, 11) is 0. The minimum atomic E-state index is -2.75. The molecule has 6 nitrogen and oxygen atoms in total. The van der Waals surface area contributed by atoms with Crippen molar-refractivity contribution in [3.63, 3.8) is 0 Å². The summed E-state index contributed by atoms with van der Waals surface area (Å²) in [4.78, 5) is 12.0. The highest BCUT2D eigenvalue weighted by Crippen LogP contribution is 2.29. The molecule has 0 bridgehead atoms. The molecule has 18 heavy (non-hydrogen) atoms. The van der Waals surface area contributed by atoms with Gasteiger partial charge in [0.1, 0.15) is 6.61 Å². The van der Waals surface area contributed by atoms with Crippen molar-refractivity contribution in [1.82, 2.24) is 14.7 Å². The van der Waals surface area contributed by atoms with Crippen LogP contribution in [-0.2, 0) is 0 Å². The molecule has 0 aliphatic carbocycles. The van der Waals surface area contributed by atoms with Gasteiger partial charge in [0.25, 0.3) is 0 Å². The highest BCUT2D eigenvalue weighted by Gasteiger charge is 2.32. The number of rotatable bonds is 4. The first-order valence-electron chi connectivity index (χ1n) is 5.14. The van der Waals surface area contributed by atoms with Gasteiger partial charge in [0.15, 0.2) is 10.4 Å². The van der Waals surface area contributed by atoms with E-state index in [1.807, 2.05) is 0 Å². The first-order chi connectivity index (χ1) is 8.50. The van der Waals surface area contributed by atoms with E-state index in [-0.39, 0.29) is 23.0 Å². The van der Waals surface area contributed by atoms with Crippen LogP contribution in [0.1, 0.15) is 13.0 Å². The Morgan fingerprint density at radius 1 is 1.72 bits per heavy atom. The quantitative estimate of drug-likeness (QED) is 0.921. The van der Waals surface area contributed by atoms with Crippen molar-refractivity contribution in [2.45, 2.75) is 19.0 Å². The number of alkyl halides is 2. The molecule has 0 radical (unpaired) electrons. The van der Waals surface area contributed by atoms with Crippen molar-refractivity contribution < 1.29 is 23.4 Å². The molecule has 1 aliphatic heterocycles. The minimum absolute atomic E-state index is 0.0405. The lowest BCUT2D eigenvalue weighted by atomic mass is 10.1. The maximum absolute atomic E-state index is 12.4. The smallest absolute Gasteiger partial charge is 0.407 e. The average molecular weight is 326 g/mol. The number of carboxylic acid groups (broad SMARTS) is 1. The molecule has 1 aromatic heterocycles. The van der Waals surface area contributed by atoms with Gasteiger partial charge in [-0.15, -0.1) is 0 Å². The molecule has 1 aromatic rings. The molecular formula is C9H10BrF2N3O3. The molecule has 1 fully saturated rings. The summed E-state index contributed by atoms with van der Waals surface area (Å²) in [6.45, 7) is -2.16.